The molecule has 2 rings (SSSR count). The van der Waals surface area contributed by atoms with E-state index in [4.69, 9.17) is 0 Å². The summed E-state index contributed by atoms with van der Waals surface area (Å²) in [6.07, 6.45) is 4.17. The summed E-state index contributed by atoms with van der Waals surface area (Å²) < 4.78 is 2.14. The first-order chi connectivity index (χ1) is 10.3. The molecule has 0 amide bonds. The van der Waals surface area contributed by atoms with E-state index in [1.54, 1.807) is 0 Å². The minimum absolute atomic E-state index is 0.351. The number of aryl methyl sites for hydroxylation is 1. The van der Waals surface area contributed by atoms with Gasteiger partial charge in [0.15, 0.2) is 0 Å². The van der Waals surface area contributed by atoms with Crippen molar-refractivity contribution in [3.05, 3.63) is 48.3 Å². The molecule has 21 heavy (non-hydrogen) atoms. The Balaban J connectivity index is 2.04. The van der Waals surface area contributed by atoms with Gasteiger partial charge in [-0.15, -0.1) is 11.8 Å². The molecule has 1 N–H and O–H groups in total. The van der Waals surface area contributed by atoms with Crippen molar-refractivity contribution in [3.63, 3.8) is 0 Å². The van der Waals surface area contributed by atoms with Gasteiger partial charge in [-0.25, -0.2) is 0 Å². The first-order valence-electron chi connectivity index (χ1n) is 7.78. The largest absolute Gasteiger partial charge is 0.308 e. The monoisotopic (exact) mass is 303 g/mol. The number of hydrogen-bond acceptors (Lipinski definition) is 3. The average Bonchev–Trinajstić information content (AvgIpc) is 2.97. The number of hydrogen-bond donors (Lipinski definition) is 1. The van der Waals surface area contributed by atoms with Crippen LogP contribution in [0, 0.1) is 0 Å². The Morgan fingerprint density at radius 3 is 2.67 bits per heavy atom. The summed E-state index contributed by atoms with van der Waals surface area (Å²) in [6.45, 7) is 6.43. The maximum absolute atomic E-state index is 4.46. The summed E-state index contributed by atoms with van der Waals surface area (Å²) in [5.41, 5.74) is 1.30. The fourth-order valence-corrected chi connectivity index (χ4v) is 3.30. The summed E-state index contributed by atoms with van der Waals surface area (Å²) in [5, 5.41) is 8.12. The Morgan fingerprint density at radius 1 is 1.14 bits per heavy atom. The van der Waals surface area contributed by atoms with E-state index in [1.165, 1.54) is 10.6 Å². The maximum atomic E-state index is 4.46. The molecule has 0 spiro atoms. The zero-order valence-corrected chi connectivity index (χ0v) is 13.8. The van der Waals surface area contributed by atoms with E-state index in [9.17, 15) is 0 Å². The topological polar surface area (TPSA) is 29.9 Å². The van der Waals surface area contributed by atoms with Gasteiger partial charge in [0.1, 0.15) is 0 Å². The smallest absolute Gasteiger partial charge is 0.0587 e. The third kappa shape index (κ3) is 4.90. The van der Waals surface area contributed by atoms with Gasteiger partial charge < -0.3 is 5.32 Å². The highest BCUT2D eigenvalue weighted by Gasteiger charge is 2.15. The van der Waals surface area contributed by atoms with E-state index in [-0.39, 0.29) is 0 Å². The summed E-state index contributed by atoms with van der Waals surface area (Å²) >= 11 is 1.90. The zero-order valence-electron chi connectivity index (χ0n) is 13.0. The molecule has 3 nitrogen and oxygen atoms in total. The second-order valence-electron chi connectivity index (χ2n) is 5.11. The third-order valence-electron chi connectivity index (χ3n) is 3.34. The number of benzene rings is 1. The zero-order chi connectivity index (χ0) is 14.9. The van der Waals surface area contributed by atoms with Gasteiger partial charge in [0.2, 0.25) is 0 Å². The van der Waals surface area contributed by atoms with Crippen molar-refractivity contribution < 1.29 is 0 Å². The van der Waals surface area contributed by atoms with Crippen LogP contribution in [0.4, 0.5) is 0 Å². The maximum Gasteiger partial charge on any atom is 0.0587 e. The van der Waals surface area contributed by atoms with Gasteiger partial charge in [0.25, 0.3) is 0 Å². The molecule has 0 saturated heterocycles. The van der Waals surface area contributed by atoms with Crippen molar-refractivity contribution in [2.45, 2.75) is 44.2 Å². The first kappa shape index (κ1) is 16.1. The van der Waals surface area contributed by atoms with Crippen molar-refractivity contribution in [2.75, 3.05) is 12.3 Å². The van der Waals surface area contributed by atoms with Gasteiger partial charge >= 0.3 is 0 Å². The molecule has 0 bridgehead atoms. The lowest BCUT2D eigenvalue weighted by Crippen LogP contribution is -2.26. The van der Waals surface area contributed by atoms with E-state index >= 15 is 0 Å². The Labute approximate surface area is 132 Å². The second-order valence-corrected chi connectivity index (χ2v) is 6.20. The highest BCUT2D eigenvalue weighted by molar-refractivity contribution is 7.99. The van der Waals surface area contributed by atoms with Crippen LogP contribution in [0.5, 0.6) is 0 Å². The fourth-order valence-electron chi connectivity index (χ4n) is 2.30. The van der Waals surface area contributed by atoms with Crippen molar-refractivity contribution in [2.24, 2.45) is 0 Å². The first-order valence-corrected chi connectivity index (χ1v) is 8.76. The number of thioether (sulfide) groups is 1. The lowest BCUT2D eigenvalue weighted by atomic mass is 10.2. The van der Waals surface area contributed by atoms with E-state index in [2.05, 4.69) is 65.3 Å². The van der Waals surface area contributed by atoms with Gasteiger partial charge in [-0.3, -0.25) is 4.68 Å². The van der Waals surface area contributed by atoms with Gasteiger partial charge in [-0.2, -0.15) is 5.10 Å². The summed E-state index contributed by atoms with van der Waals surface area (Å²) in [5.74, 6) is 1.03. The van der Waals surface area contributed by atoms with Crippen molar-refractivity contribution in [3.8, 4) is 0 Å². The van der Waals surface area contributed by atoms with Crippen LogP contribution in [0.25, 0.3) is 0 Å². The van der Waals surface area contributed by atoms with Crippen LogP contribution in [0.15, 0.2) is 47.5 Å². The normalized spacial score (nSPS) is 12.5. The standard InChI is InChI=1S/C17H25N3S/c1-3-11-18-16(14-21-15-8-6-5-7-9-15)17-10-12-19-20(17)13-4-2/h5-10,12,16,18H,3-4,11,13-14H2,1-2H3. The molecule has 1 atom stereocenters. The number of nitrogens with one attached hydrogen (secondary N) is 1. The molecule has 114 valence electrons. The van der Waals surface area contributed by atoms with Crippen LogP contribution >= 0.6 is 11.8 Å². The van der Waals surface area contributed by atoms with Crippen molar-refractivity contribution in [1.29, 1.82) is 0 Å². The highest BCUT2D eigenvalue weighted by atomic mass is 32.2. The summed E-state index contributed by atoms with van der Waals surface area (Å²) in [6, 6.07) is 13.1. The Bertz CT molecular complexity index is 510. The molecule has 1 unspecified atom stereocenters. The molecule has 2 aromatic rings. The molecular formula is C17H25N3S. The second kappa shape index (κ2) is 8.90. The average molecular weight is 303 g/mol. The fraction of sp³-hybridized carbons (Fsp3) is 0.471. The molecule has 1 heterocycles. The van der Waals surface area contributed by atoms with E-state index in [0.717, 1.165) is 31.7 Å². The van der Waals surface area contributed by atoms with Crippen LogP contribution < -0.4 is 5.32 Å². The van der Waals surface area contributed by atoms with Gasteiger partial charge in [0, 0.05) is 23.4 Å². The molecule has 0 fully saturated rings. The molecule has 0 radical (unpaired) electrons. The van der Waals surface area contributed by atoms with Gasteiger partial charge in [-0.05, 0) is 37.6 Å². The van der Waals surface area contributed by atoms with Crippen molar-refractivity contribution >= 4 is 11.8 Å². The molecule has 1 aromatic carbocycles. The number of nitrogens with zero attached hydrogens (tertiary/aromatic N) is 2. The Morgan fingerprint density at radius 2 is 1.95 bits per heavy atom. The Kier molecular flexibility index (Phi) is 6.83. The molecule has 0 aliphatic rings. The molecule has 0 aliphatic carbocycles. The predicted molar refractivity (Wildman–Crippen MR) is 90.7 cm³/mol. The van der Waals surface area contributed by atoms with Crippen LogP contribution in [0.3, 0.4) is 0 Å². The quantitative estimate of drug-likeness (QED) is 0.707. The molecular weight excluding hydrogens is 278 g/mol. The van der Waals surface area contributed by atoms with E-state index in [1.807, 2.05) is 18.0 Å². The minimum atomic E-state index is 0.351. The van der Waals surface area contributed by atoms with E-state index in [0.29, 0.717) is 6.04 Å². The number of rotatable bonds is 9. The third-order valence-corrected chi connectivity index (χ3v) is 4.45. The lowest BCUT2D eigenvalue weighted by molar-refractivity contribution is 0.499. The molecule has 0 aliphatic heterocycles. The van der Waals surface area contributed by atoms with Gasteiger partial charge in [0.05, 0.1) is 11.7 Å². The summed E-state index contributed by atoms with van der Waals surface area (Å²) in [4.78, 5) is 1.32. The predicted octanol–water partition coefficient (Wildman–Crippen LogP) is 4.13. The lowest BCUT2D eigenvalue weighted by Gasteiger charge is -2.19. The van der Waals surface area contributed by atoms with Crippen LogP contribution in [0.2, 0.25) is 0 Å². The van der Waals surface area contributed by atoms with Crippen molar-refractivity contribution in [1.82, 2.24) is 15.1 Å². The van der Waals surface area contributed by atoms with Crippen LogP contribution in [0.1, 0.15) is 38.4 Å². The summed E-state index contributed by atoms with van der Waals surface area (Å²) in [7, 11) is 0. The molecule has 0 saturated carbocycles. The SMILES string of the molecule is CCCNC(CSc1ccccc1)c1ccnn1CCC. The minimum Gasteiger partial charge on any atom is -0.308 e. The highest BCUT2D eigenvalue weighted by Crippen LogP contribution is 2.24. The van der Waals surface area contributed by atoms with Crippen LogP contribution in [-0.2, 0) is 6.54 Å². The number of aromatic nitrogens is 2. The van der Waals surface area contributed by atoms with Crippen LogP contribution in [-0.4, -0.2) is 22.1 Å². The van der Waals surface area contributed by atoms with Gasteiger partial charge in [-0.1, -0.05) is 32.0 Å². The molecule has 4 heteroatoms. The van der Waals surface area contributed by atoms with E-state index < -0.39 is 0 Å². The molecule has 1 aromatic heterocycles. The Hall–Kier alpha value is -1.26.